The van der Waals surface area contributed by atoms with Crippen LogP contribution in [0, 0.1) is 0 Å². The van der Waals surface area contributed by atoms with Crippen LogP contribution in [0.25, 0.3) is 0 Å². The minimum atomic E-state index is -4.25. The molecule has 0 bridgehead atoms. The molecule has 0 spiro atoms. The fraction of sp³-hybridized carbons (Fsp3) is 0.417. The van der Waals surface area contributed by atoms with Gasteiger partial charge in [-0.15, -0.1) is 0 Å². The van der Waals surface area contributed by atoms with Crippen molar-refractivity contribution in [3.8, 4) is 0 Å². The van der Waals surface area contributed by atoms with E-state index in [0.717, 1.165) is 0 Å². The third-order valence-corrected chi connectivity index (χ3v) is 2.95. The van der Waals surface area contributed by atoms with Gasteiger partial charge < -0.3 is 4.90 Å². The summed E-state index contributed by atoms with van der Waals surface area (Å²) in [6, 6.07) is 4.54. The van der Waals surface area contributed by atoms with Crippen molar-refractivity contribution in [3.63, 3.8) is 0 Å². The van der Waals surface area contributed by atoms with Crippen LogP contribution in [0.1, 0.15) is 23.7 Å². The summed E-state index contributed by atoms with van der Waals surface area (Å²) >= 11 is 3.20. The summed E-state index contributed by atoms with van der Waals surface area (Å²) < 4.78 is 37.9. The van der Waals surface area contributed by atoms with Crippen LogP contribution in [-0.4, -0.2) is 25.6 Å². The highest BCUT2D eigenvalue weighted by molar-refractivity contribution is 9.10. The lowest BCUT2D eigenvalue weighted by Gasteiger charge is -2.26. The van der Waals surface area contributed by atoms with Crippen molar-refractivity contribution in [2.24, 2.45) is 0 Å². The van der Waals surface area contributed by atoms with Gasteiger partial charge in [0.05, 0.1) is 5.69 Å². The molecule has 0 aliphatic carbocycles. The topological polar surface area (TPSA) is 20.3 Å². The number of anilines is 1. The van der Waals surface area contributed by atoms with Crippen LogP contribution in [0.3, 0.4) is 0 Å². The maximum absolute atomic E-state index is 12.5. The molecule has 0 fully saturated rings. The Morgan fingerprint density at radius 3 is 2.50 bits per heavy atom. The van der Waals surface area contributed by atoms with Crippen LogP contribution >= 0.6 is 15.9 Å². The van der Waals surface area contributed by atoms with Gasteiger partial charge >= 0.3 is 6.18 Å². The molecule has 0 aliphatic rings. The second-order valence-corrected chi connectivity index (χ2v) is 4.72. The fourth-order valence-corrected chi connectivity index (χ4v) is 2.27. The number of halogens is 4. The van der Waals surface area contributed by atoms with E-state index in [0.29, 0.717) is 35.0 Å². The molecule has 1 aromatic rings. The first kappa shape index (κ1) is 15.0. The Morgan fingerprint density at radius 2 is 2.06 bits per heavy atom. The van der Waals surface area contributed by atoms with Crippen molar-refractivity contribution in [3.05, 3.63) is 28.2 Å². The second kappa shape index (κ2) is 6.22. The summed E-state index contributed by atoms with van der Waals surface area (Å²) in [5.41, 5.74) is 0.869. The molecule has 0 radical (unpaired) electrons. The molecule has 100 valence electrons. The zero-order valence-corrected chi connectivity index (χ0v) is 11.4. The van der Waals surface area contributed by atoms with Crippen molar-refractivity contribution in [1.82, 2.24) is 0 Å². The maximum atomic E-state index is 12.5. The first-order valence-electron chi connectivity index (χ1n) is 5.44. The lowest BCUT2D eigenvalue weighted by Crippen LogP contribution is -2.35. The molecule has 0 atom stereocenters. The monoisotopic (exact) mass is 323 g/mol. The van der Waals surface area contributed by atoms with E-state index in [9.17, 15) is 18.0 Å². The van der Waals surface area contributed by atoms with Crippen LogP contribution in [0.4, 0.5) is 18.9 Å². The van der Waals surface area contributed by atoms with E-state index in [1.165, 1.54) is 23.1 Å². The summed E-state index contributed by atoms with van der Waals surface area (Å²) in [6.07, 6.45) is -2.99. The van der Waals surface area contributed by atoms with E-state index < -0.39 is 12.7 Å². The molecular weight excluding hydrogens is 311 g/mol. The molecule has 0 saturated carbocycles. The second-order valence-electron chi connectivity index (χ2n) is 3.87. The van der Waals surface area contributed by atoms with Crippen molar-refractivity contribution >= 4 is 27.9 Å². The van der Waals surface area contributed by atoms with Crippen molar-refractivity contribution in [2.45, 2.75) is 19.5 Å². The lowest BCUT2D eigenvalue weighted by molar-refractivity contribution is -0.119. The van der Waals surface area contributed by atoms with Gasteiger partial charge in [-0.1, -0.05) is 6.92 Å². The number of hydrogen-bond acceptors (Lipinski definition) is 2. The number of aldehydes is 1. The number of alkyl halides is 3. The lowest BCUT2D eigenvalue weighted by atomic mass is 10.2. The molecule has 0 unspecified atom stereocenters. The van der Waals surface area contributed by atoms with Crippen LogP contribution in [-0.2, 0) is 0 Å². The van der Waals surface area contributed by atoms with Crippen molar-refractivity contribution in [2.75, 3.05) is 18.0 Å². The number of carbonyl (C=O) groups excluding carboxylic acids is 1. The number of rotatable bonds is 5. The zero-order chi connectivity index (χ0) is 13.8. The summed E-state index contributed by atoms with van der Waals surface area (Å²) in [6.45, 7) is 1.12. The predicted molar refractivity (Wildman–Crippen MR) is 68.1 cm³/mol. The van der Waals surface area contributed by atoms with Gasteiger partial charge in [0, 0.05) is 16.6 Å². The molecule has 0 saturated heterocycles. The van der Waals surface area contributed by atoms with Gasteiger partial charge in [0.25, 0.3) is 0 Å². The number of hydrogen-bond donors (Lipinski definition) is 0. The molecular formula is C12H13BrF3NO. The Labute approximate surface area is 112 Å². The minimum absolute atomic E-state index is 0.304. The van der Waals surface area contributed by atoms with Crippen molar-refractivity contribution in [1.29, 1.82) is 0 Å². The maximum Gasteiger partial charge on any atom is 0.405 e. The molecule has 0 amide bonds. The highest BCUT2D eigenvalue weighted by Gasteiger charge is 2.31. The fourth-order valence-electron chi connectivity index (χ4n) is 1.62. The largest absolute Gasteiger partial charge is 0.405 e. The third-order valence-electron chi connectivity index (χ3n) is 2.31. The Bertz CT molecular complexity index is 420. The van der Waals surface area contributed by atoms with Crippen LogP contribution in [0.2, 0.25) is 0 Å². The van der Waals surface area contributed by atoms with E-state index in [-0.39, 0.29) is 0 Å². The Morgan fingerprint density at radius 1 is 1.39 bits per heavy atom. The summed E-state index contributed by atoms with van der Waals surface area (Å²) in [7, 11) is 0. The molecule has 1 rings (SSSR count). The van der Waals surface area contributed by atoms with Crippen LogP contribution in [0.15, 0.2) is 22.7 Å². The average molecular weight is 324 g/mol. The molecule has 0 heterocycles. The van der Waals surface area contributed by atoms with E-state index in [1.807, 2.05) is 6.92 Å². The molecule has 0 aliphatic heterocycles. The van der Waals surface area contributed by atoms with Gasteiger partial charge in [0.1, 0.15) is 12.8 Å². The Balaban J connectivity index is 3.01. The standard InChI is InChI=1S/C12H13BrF3NO/c1-2-5-17(8-12(14,15)16)11-4-3-9(7-18)6-10(11)13/h3-4,6-7H,2,5,8H2,1H3. The molecule has 0 aromatic heterocycles. The number of nitrogens with zero attached hydrogens (tertiary/aromatic N) is 1. The zero-order valence-electron chi connectivity index (χ0n) is 9.80. The van der Waals surface area contributed by atoms with Gasteiger partial charge in [-0.05, 0) is 40.5 Å². The van der Waals surface area contributed by atoms with E-state index >= 15 is 0 Å². The van der Waals surface area contributed by atoms with Gasteiger partial charge in [-0.2, -0.15) is 13.2 Å². The molecule has 0 N–H and O–H groups in total. The minimum Gasteiger partial charge on any atom is -0.362 e. The predicted octanol–water partition coefficient (Wildman–Crippen LogP) is 4.04. The first-order valence-corrected chi connectivity index (χ1v) is 6.23. The summed E-state index contributed by atoms with van der Waals surface area (Å²) in [5, 5.41) is 0. The average Bonchev–Trinajstić information content (AvgIpc) is 2.26. The normalized spacial score (nSPS) is 11.4. The highest BCUT2D eigenvalue weighted by Crippen LogP contribution is 2.29. The third kappa shape index (κ3) is 4.33. The first-order chi connectivity index (χ1) is 8.37. The molecule has 6 heteroatoms. The molecule has 2 nitrogen and oxygen atoms in total. The van der Waals surface area contributed by atoms with Gasteiger partial charge in [0.15, 0.2) is 0 Å². The van der Waals surface area contributed by atoms with Gasteiger partial charge in [-0.3, -0.25) is 4.79 Å². The van der Waals surface area contributed by atoms with Crippen molar-refractivity contribution < 1.29 is 18.0 Å². The Hall–Kier alpha value is -1.04. The quantitative estimate of drug-likeness (QED) is 0.762. The van der Waals surface area contributed by atoms with Gasteiger partial charge in [-0.25, -0.2) is 0 Å². The number of carbonyl (C=O) groups is 1. The van der Waals surface area contributed by atoms with Gasteiger partial charge in [0.2, 0.25) is 0 Å². The van der Waals surface area contributed by atoms with E-state index in [4.69, 9.17) is 0 Å². The Kier molecular flexibility index (Phi) is 5.19. The van der Waals surface area contributed by atoms with E-state index in [1.54, 1.807) is 0 Å². The number of benzene rings is 1. The SMILES string of the molecule is CCCN(CC(F)(F)F)c1ccc(C=O)cc1Br. The highest BCUT2D eigenvalue weighted by atomic mass is 79.9. The smallest absolute Gasteiger partial charge is 0.362 e. The summed E-state index contributed by atoms with van der Waals surface area (Å²) in [5.74, 6) is 0. The summed E-state index contributed by atoms with van der Waals surface area (Å²) in [4.78, 5) is 11.8. The van der Waals surface area contributed by atoms with E-state index in [2.05, 4.69) is 15.9 Å². The molecule has 1 aromatic carbocycles. The van der Waals surface area contributed by atoms with Crippen LogP contribution in [0.5, 0.6) is 0 Å². The van der Waals surface area contributed by atoms with Crippen LogP contribution < -0.4 is 4.90 Å². The molecule has 18 heavy (non-hydrogen) atoms.